The molecule has 0 fully saturated rings. The summed E-state index contributed by atoms with van der Waals surface area (Å²) in [6.45, 7) is 3.39. The molecule has 1 aliphatic rings. The van der Waals surface area contributed by atoms with E-state index in [-0.39, 0.29) is 0 Å². The lowest BCUT2D eigenvalue weighted by molar-refractivity contribution is 0.401. The molecular weight excluding hydrogens is 286 g/mol. The number of halogens is 1. The zero-order valence-electron chi connectivity index (χ0n) is 11.0. The van der Waals surface area contributed by atoms with Gasteiger partial charge in [0.05, 0.1) is 0 Å². The highest BCUT2D eigenvalue weighted by molar-refractivity contribution is 9.10. The van der Waals surface area contributed by atoms with Crippen molar-refractivity contribution in [3.8, 4) is 0 Å². The zero-order chi connectivity index (χ0) is 12.8. The summed E-state index contributed by atoms with van der Waals surface area (Å²) in [5.41, 5.74) is 1.40. The van der Waals surface area contributed by atoms with Crippen molar-refractivity contribution in [2.24, 2.45) is 5.92 Å². The fraction of sp³-hybridized carbons (Fsp3) is 0.500. The van der Waals surface area contributed by atoms with E-state index in [0.717, 1.165) is 23.4 Å². The van der Waals surface area contributed by atoms with Gasteiger partial charge in [0.25, 0.3) is 0 Å². The Bertz CT molecular complexity index is 383. The minimum absolute atomic E-state index is 0.490. The Morgan fingerprint density at radius 2 is 2.06 bits per heavy atom. The van der Waals surface area contributed by atoms with E-state index in [9.17, 15) is 0 Å². The van der Waals surface area contributed by atoms with Crippen LogP contribution >= 0.6 is 15.9 Å². The molecule has 1 aliphatic carbocycles. The Morgan fingerprint density at radius 3 is 2.67 bits per heavy atom. The predicted octanol–water partition coefficient (Wildman–Crippen LogP) is 4.85. The topological polar surface area (TPSA) is 12.0 Å². The van der Waals surface area contributed by atoms with Gasteiger partial charge in [-0.1, -0.05) is 47.1 Å². The van der Waals surface area contributed by atoms with Gasteiger partial charge in [-0.3, -0.25) is 0 Å². The van der Waals surface area contributed by atoms with E-state index in [0.29, 0.717) is 6.04 Å². The summed E-state index contributed by atoms with van der Waals surface area (Å²) < 4.78 is 1.15. The van der Waals surface area contributed by atoms with Gasteiger partial charge in [-0.05, 0) is 55.8 Å². The second kappa shape index (κ2) is 7.10. The van der Waals surface area contributed by atoms with Crippen LogP contribution in [0.5, 0.6) is 0 Å². The average Bonchev–Trinajstić information content (AvgIpc) is 2.42. The normalized spacial score (nSPS) is 20.9. The lowest BCUT2D eigenvalue weighted by Crippen LogP contribution is -2.27. The summed E-state index contributed by atoms with van der Waals surface area (Å²) in [5, 5.41) is 3.73. The number of nitrogens with one attached hydrogen (secondary N) is 1. The summed E-state index contributed by atoms with van der Waals surface area (Å²) >= 11 is 3.49. The summed E-state index contributed by atoms with van der Waals surface area (Å²) in [6.07, 6.45) is 9.61. The van der Waals surface area contributed by atoms with Crippen molar-refractivity contribution < 1.29 is 0 Å². The van der Waals surface area contributed by atoms with Crippen LogP contribution < -0.4 is 5.32 Å². The highest BCUT2D eigenvalue weighted by Crippen LogP contribution is 2.22. The van der Waals surface area contributed by atoms with Crippen molar-refractivity contribution in [1.82, 2.24) is 5.32 Å². The molecule has 0 aromatic heterocycles. The van der Waals surface area contributed by atoms with Crippen LogP contribution in [0, 0.1) is 5.92 Å². The molecule has 1 aromatic carbocycles. The molecule has 2 atom stereocenters. The van der Waals surface area contributed by atoms with Crippen LogP contribution in [0.1, 0.15) is 44.2 Å². The Labute approximate surface area is 119 Å². The standard InChI is InChI=1S/C16H22BrN/c1-2-16(14-8-10-15(17)11-9-14)18-12-13-6-4-3-5-7-13/h3-4,8-11,13,16,18H,2,5-7,12H2,1H3. The van der Waals surface area contributed by atoms with Crippen LogP contribution in [0.4, 0.5) is 0 Å². The van der Waals surface area contributed by atoms with Crippen molar-refractivity contribution in [3.63, 3.8) is 0 Å². The first-order valence-corrected chi connectivity index (χ1v) is 7.72. The van der Waals surface area contributed by atoms with Crippen molar-refractivity contribution in [2.45, 2.75) is 38.6 Å². The van der Waals surface area contributed by atoms with Crippen LogP contribution in [-0.2, 0) is 0 Å². The van der Waals surface area contributed by atoms with Gasteiger partial charge in [-0.15, -0.1) is 0 Å². The van der Waals surface area contributed by atoms with E-state index in [1.807, 2.05) is 0 Å². The maximum Gasteiger partial charge on any atom is 0.0317 e. The fourth-order valence-corrected chi connectivity index (χ4v) is 2.81. The molecule has 0 spiro atoms. The molecule has 0 aliphatic heterocycles. The van der Waals surface area contributed by atoms with Crippen molar-refractivity contribution >= 4 is 15.9 Å². The smallest absolute Gasteiger partial charge is 0.0317 e. The molecule has 0 heterocycles. The summed E-state index contributed by atoms with van der Waals surface area (Å²) in [4.78, 5) is 0. The number of allylic oxidation sites excluding steroid dienone is 2. The summed E-state index contributed by atoms with van der Waals surface area (Å²) in [6, 6.07) is 9.17. The first kappa shape index (κ1) is 13.8. The molecule has 1 aromatic rings. The molecule has 0 saturated heterocycles. The van der Waals surface area contributed by atoms with Crippen LogP contribution in [0.15, 0.2) is 40.9 Å². The quantitative estimate of drug-likeness (QED) is 0.767. The average molecular weight is 308 g/mol. The van der Waals surface area contributed by atoms with Gasteiger partial charge in [-0.2, -0.15) is 0 Å². The van der Waals surface area contributed by atoms with Gasteiger partial charge in [-0.25, -0.2) is 0 Å². The molecule has 1 nitrogen and oxygen atoms in total. The van der Waals surface area contributed by atoms with Gasteiger partial charge < -0.3 is 5.32 Å². The van der Waals surface area contributed by atoms with Crippen LogP contribution in [0.2, 0.25) is 0 Å². The van der Waals surface area contributed by atoms with Gasteiger partial charge in [0, 0.05) is 10.5 Å². The maximum atomic E-state index is 3.73. The first-order chi connectivity index (χ1) is 8.79. The van der Waals surface area contributed by atoms with Crippen LogP contribution in [0.25, 0.3) is 0 Å². The number of hydrogen-bond acceptors (Lipinski definition) is 1. The lowest BCUT2D eigenvalue weighted by atomic mass is 9.93. The van der Waals surface area contributed by atoms with Crippen LogP contribution in [-0.4, -0.2) is 6.54 Å². The SMILES string of the molecule is CCC(NCC1CC=CCC1)c1ccc(Br)cc1. The molecule has 2 unspecified atom stereocenters. The van der Waals surface area contributed by atoms with Crippen molar-refractivity contribution in [2.75, 3.05) is 6.54 Å². The van der Waals surface area contributed by atoms with E-state index < -0.39 is 0 Å². The van der Waals surface area contributed by atoms with E-state index in [2.05, 4.69) is 64.6 Å². The third kappa shape index (κ3) is 3.96. The summed E-state index contributed by atoms with van der Waals surface area (Å²) in [7, 11) is 0. The zero-order valence-corrected chi connectivity index (χ0v) is 12.6. The molecule has 1 N–H and O–H groups in total. The second-order valence-corrected chi connectivity index (χ2v) is 5.99. The molecule has 0 radical (unpaired) electrons. The minimum atomic E-state index is 0.490. The Kier molecular flexibility index (Phi) is 5.45. The van der Waals surface area contributed by atoms with Crippen molar-refractivity contribution in [3.05, 3.63) is 46.5 Å². The van der Waals surface area contributed by atoms with Crippen LogP contribution in [0.3, 0.4) is 0 Å². The van der Waals surface area contributed by atoms with E-state index in [1.54, 1.807) is 0 Å². The van der Waals surface area contributed by atoms with Gasteiger partial charge in [0.1, 0.15) is 0 Å². The maximum absolute atomic E-state index is 3.73. The molecule has 2 rings (SSSR count). The number of rotatable bonds is 5. The monoisotopic (exact) mass is 307 g/mol. The predicted molar refractivity (Wildman–Crippen MR) is 81.7 cm³/mol. The van der Waals surface area contributed by atoms with Gasteiger partial charge in [0.2, 0.25) is 0 Å². The highest BCUT2D eigenvalue weighted by Gasteiger charge is 2.13. The summed E-state index contributed by atoms with van der Waals surface area (Å²) in [5.74, 6) is 0.819. The largest absolute Gasteiger partial charge is 0.310 e. The molecule has 98 valence electrons. The number of hydrogen-bond donors (Lipinski definition) is 1. The molecule has 0 bridgehead atoms. The van der Waals surface area contributed by atoms with E-state index in [1.165, 1.54) is 24.8 Å². The lowest BCUT2D eigenvalue weighted by Gasteiger charge is -2.23. The molecule has 18 heavy (non-hydrogen) atoms. The molecule has 0 saturated carbocycles. The van der Waals surface area contributed by atoms with Gasteiger partial charge >= 0.3 is 0 Å². The Morgan fingerprint density at radius 1 is 1.28 bits per heavy atom. The highest BCUT2D eigenvalue weighted by atomic mass is 79.9. The molecule has 0 amide bonds. The first-order valence-electron chi connectivity index (χ1n) is 6.93. The second-order valence-electron chi connectivity index (χ2n) is 5.07. The molecular formula is C16H22BrN. The van der Waals surface area contributed by atoms with Crippen molar-refractivity contribution in [1.29, 1.82) is 0 Å². The Hall–Kier alpha value is -0.600. The van der Waals surface area contributed by atoms with E-state index in [4.69, 9.17) is 0 Å². The fourth-order valence-electron chi connectivity index (χ4n) is 2.54. The molecule has 2 heteroatoms. The number of benzene rings is 1. The Balaban J connectivity index is 1.88. The minimum Gasteiger partial charge on any atom is -0.310 e. The third-order valence-corrected chi connectivity index (χ3v) is 4.24. The third-order valence-electron chi connectivity index (χ3n) is 3.71. The van der Waals surface area contributed by atoms with Gasteiger partial charge in [0.15, 0.2) is 0 Å². The van der Waals surface area contributed by atoms with E-state index >= 15 is 0 Å².